The number of hydrogen-bond donors (Lipinski definition) is 0. The molecule has 7 heteroatoms. The van der Waals surface area contributed by atoms with Crippen LogP contribution in [-0.4, -0.2) is 59.2 Å². The van der Waals surface area contributed by atoms with Gasteiger partial charge in [-0.3, -0.25) is 14.5 Å². The number of fused-ring (bicyclic) bond motifs is 3. The largest absolute Gasteiger partial charge is 0.460 e. The van der Waals surface area contributed by atoms with E-state index in [0.29, 0.717) is 18.5 Å². The molecule has 0 aromatic rings. The molecule has 0 aromatic carbocycles. The summed E-state index contributed by atoms with van der Waals surface area (Å²) in [6, 6.07) is 0.321. The highest BCUT2D eigenvalue weighted by molar-refractivity contribution is 5.91. The lowest BCUT2D eigenvalue weighted by molar-refractivity contribution is -0.204. The summed E-state index contributed by atoms with van der Waals surface area (Å²) >= 11 is 0. The molecule has 8 atom stereocenters. The van der Waals surface area contributed by atoms with Crippen LogP contribution in [0.2, 0.25) is 0 Å². The number of nitrogens with zero attached hydrogens (tertiary/aromatic N) is 1. The minimum Gasteiger partial charge on any atom is -0.460 e. The standard InChI is InChI=1S/C22H29NO6/c1-4-13-18-15-6-5-14(17-9-11(2)20(25)27-17)23(15)8-7-16(24)19(18)28-22(13)10-12(3)21(26)29-22/h10-11,13-15,17-19H,4-9H2,1-3H3/t11-,13-,14-,15+,17-,18+,19+,22-/m0/s1. The molecule has 0 radical (unpaired) electrons. The van der Waals surface area contributed by atoms with E-state index < -0.39 is 11.9 Å². The van der Waals surface area contributed by atoms with Crippen LogP contribution in [0.4, 0.5) is 0 Å². The SMILES string of the molecule is CC[C@H]1[C@H]2[C@H](O[C@]13C=C(C)C(=O)O3)C(=O)CCN1[C@@H]2CC[C@H]1[C@@H]1C[C@H](C)C(=O)O1. The Labute approximate surface area is 170 Å². The number of Topliss-reactive ketones (excluding diaryl/α,β-unsaturated/α-hetero) is 1. The van der Waals surface area contributed by atoms with Gasteiger partial charge in [-0.1, -0.05) is 13.8 Å². The van der Waals surface area contributed by atoms with Gasteiger partial charge in [-0.25, -0.2) is 4.79 Å². The number of cyclic esters (lactones) is 1. The van der Waals surface area contributed by atoms with Crippen molar-refractivity contribution in [2.75, 3.05) is 6.54 Å². The molecule has 0 amide bonds. The summed E-state index contributed by atoms with van der Waals surface area (Å²) in [7, 11) is 0. The van der Waals surface area contributed by atoms with Gasteiger partial charge in [0.2, 0.25) is 5.79 Å². The van der Waals surface area contributed by atoms with Gasteiger partial charge < -0.3 is 14.2 Å². The zero-order valence-electron chi connectivity index (χ0n) is 17.3. The van der Waals surface area contributed by atoms with Gasteiger partial charge >= 0.3 is 11.9 Å². The minimum absolute atomic E-state index is 0.0236. The Morgan fingerprint density at radius 3 is 2.59 bits per heavy atom. The van der Waals surface area contributed by atoms with Crippen molar-refractivity contribution in [2.24, 2.45) is 17.8 Å². The fourth-order valence-corrected chi connectivity index (χ4v) is 6.45. The summed E-state index contributed by atoms with van der Waals surface area (Å²) in [5.74, 6) is -1.65. The number of carbonyl (C=O) groups excluding carboxylic acids is 3. The summed E-state index contributed by atoms with van der Waals surface area (Å²) in [5.41, 5.74) is 0.542. The lowest BCUT2D eigenvalue weighted by Gasteiger charge is -2.36. The quantitative estimate of drug-likeness (QED) is 0.652. The third kappa shape index (κ3) is 2.73. The van der Waals surface area contributed by atoms with Gasteiger partial charge in [0.15, 0.2) is 5.78 Å². The second kappa shape index (κ2) is 6.64. The molecule has 0 aliphatic carbocycles. The Morgan fingerprint density at radius 1 is 1.21 bits per heavy atom. The molecular formula is C22H29NO6. The van der Waals surface area contributed by atoms with Gasteiger partial charge in [-0.15, -0.1) is 0 Å². The average molecular weight is 403 g/mol. The van der Waals surface area contributed by atoms with Crippen molar-refractivity contribution in [2.45, 2.75) is 83.0 Å². The Bertz CT molecular complexity index is 792. The first-order valence-electron chi connectivity index (χ1n) is 10.9. The lowest BCUT2D eigenvalue weighted by atomic mass is 9.77. The number of carbonyl (C=O) groups is 3. The number of ketones is 1. The number of hydrogen-bond acceptors (Lipinski definition) is 7. The first-order valence-corrected chi connectivity index (χ1v) is 10.9. The Kier molecular flexibility index (Phi) is 4.41. The van der Waals surface area contributed by atoms with Crippen LogP contribution in [0.5, 0.6) is 0 Å². The molecule has 0 aromatic heterocycles. The molecule has 0 saturated carbocycles. The third-order valence-corrected chi connectivity index (χ3v) is 7.75. The average Bonchev–Trinajstić information content (AvgIpc) is 3.37. The zero-order chi connectivity index (χ0) is 20.5. The van der Waals surface area contributed by atoms with Crippen molar-refractivity contribution in [3.63, 3.8) is 0 Å². The molecule has 5 aliphatic rings. The third-order valence-electron chi connectivity index (χ3n) is 7.75. The zero-order valence-corrected chi connectivity index (χ0v) is 17.3. The van der Waals surface area contributed by atoms with Crippen molar-refractivity contribution >= 4 is 17.7 Å². The maximum atomic E-state index is 13.0. The van der Waals surface area contributed by atoms with Gasteiger partial charge in [0, 0.05) is 42.5 Å². The fraction of sp³-hybridized carbons (Fsp3) is 0.773. The predicted molar refractivity (Wildman–Crippen MR) is 102 cm³/mol. The van der Waals surface area contributed by atoms with Crippen molar-refractivity contribution in [3.05, 3.63) is 11.6 Å². The summed E-state index contributed by atoms with van der Waals surface area (Å²) in [6.07, 6.45) is 4.93. The van der Waals surface area contributed by atoms with Gasteiger partial charge in [0.05, 0.1) is 5.92 Å². The molecule has 29 heavy (non-hydrogen) atoms. The van der Waals surface area contributed by atoms with Gasteiger partial charge in [0.25, 0.3) is 0 Å². The topological polar surface area (TPSA) is 82.1 Å². The molecule has 4 fully saturated rings. The summed E-state index contributed by atoms with van der Waals surface area (Å²) < 4.78 is 17.7. The molecule has 0 N–H and O–H groups in total. The van der Waals surface area contributed by atoms with E-state index in [1.807, 2.05) is 6.92 Å². The molecule has 0 unspecified atom stereocenters. The van der Waals surface area contributed by atoms with Crippen LogP contribution in [0.25, 0.3) is 0 Å². The maximum absolute atomic E-state index is 13.0. The summed E-state index contributed by atoms with van der Waals surface area (Å²) in [6.45, 7) is 6.39. The van der Waals surface area contributed by atoms with E-state index in [9.17, 15) is 14.4 Å². The van der Waals surface area contributed by atoms with Crippen LogP contribution in [-0.2, 0) is 28.6 Å². The fourth-order valence-electron chi connectivity index (χ4n) is 6.45. The van der Waals surface area contributed by atoms with E-state index in [1.165, 1.54) is 0 Å². The second-order valence-corrected chi connectivity index (χ2v) is 9.35. The van der Waals surface area contributed by atoms with Crippen LogP contribution in [0.1, 0.15) is 52.9 Å². The van der Waals surface area contributed by atoms with Gasteiger partial charge in [0.1, 0.15) is 12.2 Å². The van der Waals surface area contributed by atoms with E-state index in [2.05, 4.69) is 11.8 Å². The van der Waals surface area contributed by atoms with Crippen molar-refractivity contribution in [1.29, 1.82) is 0 Å². The number of rotatable bonds is 2. The van der Waals surface area contributed by atoms with E-state index in [0.717, 1.165) is 25.7 Å². The first-order chi connectivity index (χ1) is 13.8. The van der Waals surface area contributed by atoms with Crippen molar-refractivity contribution in [1.82, 2.24) is 4.90 Å². The molecular weight excluding hydrogens is 374 g/mol. The molecule has 5 rings (SSSR count). The molecule has 5 aliphatic heterocycles. The maximum Gasteiger partial charge on any atom is 0.336 e. The highest BCUT2D eigenvalue weighted by atomic mass is 16.7. The van der Waals surface area contributed by atoms with E-state index >= 15 is 0 Å². The molecule has 158 valence electrons. The molecule has 7 nitrogen and oxygen atoms in total. The van der Waals surface area contributed by atoms with Crippen molar-refractivity contribution in [3.8, 4) is 0 Å². The minimum atomic E-state index is -1.11. The first kappa shape index (κ1) is 19.2. The Balaban J connectivity index is 1.47. The van der Waals surface area contributed by atoms with Crippen LogP contribution >= 0.6 is 0 Å². The summed E-state index contributed by atoms with van der Waals surface area (Å²) in [4.78, 5) is 39.5. The smallest absolute Gasteiger partial charge is 0.336 e. The van der Waals surface area contributed by atoms with E-state index in [-0.39, 0.29) is 53.7 Å². The molecule has 1 spiro atoms. The highest BCUT2D eigenvalue weighted by Crippen LogP contribution is 2.53. The van der Waals surface area contributed by atoms with Crippen LogP contribution in [0, 0.1) is 17.8 Å². The lowest BCUT2D eigenvalue weighted by Crippen LogP contribution is -2.48. The predicted octanol–water partition coefficient (Wildman–Crippen LogP) is 1.98. The number of ether oxygens (including phenoxy) is 3. The summed E-state index contributed by atoms with van der Waals surface area (Å²) in [5, 5.41) is 0. The molecule has 4 saturated heterocycles. The van der Waals surface area contributed by atoms with Gasteiger partial charge in [-0.2, -0.15) is 0 Å². The van der Waals surface area contributed by atoms with Crippen molar-refractivity contribution < 1.29 is 28.6 Å². The highest BCUT2D eigenvalue weighted by Gasteiger charge is 2.64. The number of esters is 2. The second-order valence-electron chi connectivity index (χ2n) is 9.35. The normalized spacial score (nSPS) is 47.1. The monoisotopic (exact) mass is 403 g/mol. The van der Waals surface area contributed by atoms with Crippen LogP contribution in [0.15, 0.2) is 11.6 Å². The van der Waals surface area contributed by atoms with Crippen LogP contribution in [0.3, 0.4) is 0 Å². The Hall–Kier alpha value is -1.73. The molecule has 5 heterocycles. The van der Waals surface area contributed by atoms with E-state index in [4.69, 9.17) is 14.2 Å². The Morgan fingerprint density at radius 2 is 1.97 bits per heavy atom. The van der Waals surface area contributed by atoms with E-state index in [1.54, 1.807) is 13.0 Å². The molecule has 0 bridgehead atoms. The van der Waals surface area contributed by atoms with Crippen LogP contribution < -0.4 is 0 Å². The van der Waals surface area contributed by atoms with Gasteiger partial charge in [-0.05, 0) is 38.7 Å².